The van der Waals surface area contributed by atoms with E-state index in [4.69, 9.17) is 5.73 Å². The number of anilines is 1. The Bertz CT molecular complexity index is 339. The molecule has 3 nitrogen and oxygen atoms in total. The molecule has 0 heterocycles. The smallest absolute Gasteiger partial charge is 0.166 e. The molecule has 0 fully saturated rings. The number of ketones is 1. The lowest BCUT2D eigenvalue weighted by molar-refractivity contribution is 0.0984. The minimum atomic E-state index is -0.423. The Balaban J connectivity index is 2.80. The number of hydrogen-bond donors (Lipinski definition) is 2. The predicted molar refractivity (Wildman–Crippen MR) is 53.7 cm³/mol. The van der Waals surface area contributed by atoms with E-state index in [1.807, 2.05) is 0 Å². The summed E-state index contributed by atoms with van der Waals surface area (Å²) in [6, 6.07) is 3.82. The molecule has 0 aliphatic rings. The number of rotatable bonds is 4. The third-order valence-corrected chi connectivity index (χ3v) is 1.92. The number of hydrogen-bond acceptors (Lipinski definition) is 3. The van der Waals surface area contributed by atoms with Crippen molar-refractivity contribution in [3.05, 3.63) is 29.6 Å². The van der Waals surface area contributed by atoms with Gasteiger partial charge in [-0.25, -0.2) is 4.39 Å². The van der Waals surface area contributed by atoms with Crippen LogP contribution in [-0.2, 0) is 0 Å². The molecule has 76 valence electrons. The first kappa shape index (κ1) is 10.7. The molecule has 0 bridgehead atoms. The summed E-state index contributed by atoms with van der Waals surface area (Å²) in [5.74, 6) is -0.496. The summed E-state index contributed by atoms with van der Waals surface area (Å²) in [4.78, 5) is 11.5. The van der Waals surface area contributed by atoms with Crippen LogP contribution in [0.3, 0.4) is 0 Å². The van der Waals surface area contributed by atoms with E-state index in [0.29, 0.717) is 18.5 Å². The molecule has 1 aromatic rings. The molecule has 4 heteroatoms. The number of carbonyl (C=O) groups excluding carboxylic acids is 1. The molecular formula is C10H13FN2O. The zero-order valence-corrected chi connectivity index (χ0v) is 8.01. The highest BCUT2D eigenvalue weighted by Crippen LogP contribution is 2.14. The van der Waals surface area contributed by atoms with Gasteiger partial charge in [0.1, 0.15) is 5.82 Å². The van der Waals surface area contributed by atoms with Crippen LogP contribution in [0.25, 0.3) is 0 Å². The topological polar surface area (TPSA) is 55.1 Å². The van der Waals surface area contributed by atoms with Gasteiger partial charge in [0.15, 0.2) is 5.78 Å². The Labute approximate surface area is 82.1 Å². The molecule has 0 aliphatic carbocycles. The van der Waals surface area contributed by atoms with Crippen molar-refractivity contribution in [3.63, 3.8) is 0 Å². The van der Waals surface area contributed by atoms with Crippen LogP contribution < -0.4 is 11.1 Å². The Morgan fingerprint density at radius 3 is 2.86 bits per heavy atom. The van der Waals surface area contributed by atoms with Gasteiger partial charge in [0.05, 0.1) is 0 Å². The number of benzene rings is 1. The number of carbonyl (C=O) groups is 1. The van der Waals surface area contributed by atoms with Crippen molar-refractivity contribution in [1.29, 1.82) is 0 Å². The first-order chi connectivity index (χ1) is 6.65. The van der Waals surface area contributed by atoms with Gasteiger partial charge in [0, 0.05) is 24.2 Å². The molecule has 3 N–H and O–H groups in total. The van der Waals surface area contributed by atoms with E-state index in [2.05, 4.69) is 5.32 Å². The van der Waals surface area contributed by atoms with Gasteiger partial charge in [-0.3, -0.25) is 4.79 Å². The van der Waals surface area contributed by atoms with Crippen LogP contribution >= 0.6 is 0 Å². The molecule has 0 radical (unpaired) electrons. The average molecular weight is 196 g/mol. The lowest BCUT2D eigenvalue weighted by Gasteiger charge is -2.04. The van der Waals surface area contributed by atoms with Gasteiger partial charge >= 0.3 is 0 Å². The monoisotopic (exact) mass is 196 g/mol. The molecule has 0 amide bonds. The number of nitrogen functional groups attached to an aromatic ring is 1. The normalized spacial score (nSPS) is 10.1. The average Bonchev–Trinajstić information content (AvgIpc) is 2.14. The second-order valence-corrected chi connectivity index (χ2v) is 3.01. The Kier molecular flexibility index (Phi) is 3.59. The van der Waals surface area contributed by atoms with Crippen LogP contribution in [-0.4, -0.2) is 19.4 Å². The number of halogens is 1. The minimum Gasteiger partial charge on any atom is -0.398 e. The SMILES string of the molecule is CNCCC(=O)c1ccc(F)cc1N. The number of Topliss-reactive ketones (excluding diaryl/α,β-unsaturated/α-hetero) is 1. The van der Waals surface area contributed by atoms with Crippen molar-refractivity contribution in [2.24, 2.45) is 0 Å². The third-order valence-electron chi connectivity index (χ3n) is 1.92. The van der Waals surface area contributed by atoms with Gasteiger partial charge in [0.2, 0.25) is 0 Å². The van der Waals surface area contributed by atoms with Gasteiger partial charge in [-0.15, -0.1) is 0 Å². The summed E-state index contributed by atoms with van der Waals surface area (Å²) in [5, 5.41) is 2.86. The molecule has 0 atom stereocenters. The highest BCUT2D eigenvalue weighted by molar-refractivity contribution is 6.00. The molecule has 0 aromatic heterocycles. The van der Waals surface area contributed by atoms with Crippen LogP contribution in [0.1, 0.15) is 16.8 Å². The van der Waals surface area contributed by atoms with Crippen molar-refractivity contribution in [2.75, 3.05) is 19.3 Å². The predicted octanol–water partition coefficient (Wildman–Crippen LogP) is 1.20. The first-order valence-electron chi connectivity index (χ1n) is 4.38. The standard InChI is InChI=1S/C10H13FN2O/c1-13-5-4-10(14)8-3-2-7(11)6-9(8)12/h2-3,6,13H,4-5,12H2,1H3. The molecule has 14 heavy (non-hydrogen) atoms. The van der Waals surface area contributed by atoms with Crippen LogP contribution in [0, 0.1) is 5.82 Å². The summed E-state index contributed by atoms with van der Waals surface area (Å²) in [6.45, 7) is 0.593. The zero-order chi connectivity index (χ0) is 10.6. The molecule has 0 unspecified atom stereocenters. The fourth-order valence-corrected chi connectivity index (χ4v) is 1.16. The molecule has 0 saturated heterocycles. The van der Waals surface area contributed by atoms with Crippen molar-refractivity contribution in [1.82, 2.24) is 5.32 Å². The Hall–Kier alpha value is -1.42. The van der Waals surface area contributed by atoms with Gasteiger partial charge in [-0.05, 0) is 25.2 Å². The Morgan fingerprint density at radius 2 is 2.29 bits per heavy atom. The highest BCUT2D eigenvalue weighted by Gasteiger charge is 2.09. The van der Waals surface area contributed by atoms with E-state index in [1.54, 1.807) is 7.05 Å². The third kappa shape index (κ3) is 2.53. The van der Waals surface area contributed by atoms with Crippen LogP contribution in [0.5, 0.6) is 0 Å². The maximum atomic E-state index is 12.7. The summed E-state index contributed by atoms with van der Waals surface area (Å²) in [5.41, 5.74) is 6.10. The van der Waals surface area contributed by atoms with E-state index in [1.165, 1.54) is 12.1 Å². The van der Waals surface area contributed by atoms with Crippen molar-refractivity contribution >= 4 is 11.5 Å². The fraction of sp³-hybridized carbons (Fsp3) is 0.300. The molecule has 0 saturated carbocycles. The van der Waals surface area contributed by atoms with Crippen molar-refractivity contribution in [2.45, 2.75) is 6.42 Å². The second kappa shape index (κ2) is 4.72. The molecule has 0 aliphatic heterocycles. The fourth-order valence-electron chi connectivity index (χ4n) is 1.16. The van der Waals surface area contributed by atoms with E-state index in [9.17, 15) is 9.18 Å². The minimum absolute atomic E-state index is 0.0724. The van der Waals surface area contributed by atoms with Crippen LogP contribution in [0.15, 0.2) is 18.2 Å². The quantitative estimate of drug-likeness (QED) is 0.562. The molecule has 0 spiro atoms. The first-order valence-corrected chi connectivity index (χ1v) is 4.38. The maximum absolute atomic E-state index is 12.7. The maximum Gasteiger partial charge on any atom is 0.166 e. The summed E-state index contributed by atoms with van der Waals surface area (Å²) >= 11 is 0. The van der Waals surface area contributed by atoms with Gasteiger partial charge in [-0.1, -0.05) is 0 Å². The van der Waals surface area contributed by atoms with Gasteiger partial charge in [0.25, 0.3) is 0 Å². The van der Waals surface area contributed by atoms with Crippen LogP contribution in [0.4, 0.5) is 10.1 Å². The largest absolute Gasteiger partial charge is 0.398 e. The van der Waals surface area contributed by atoms with E-state index in [0.717, 1.165) is 6.07 Å². The van der Waals surface area contributed by atoms with Crippen molar-refractivity contribution in [3.8, 4) is 0 Å². The van der Waals surface area contributed by atoms with Crippen LogP contribution in [0.2, 0.25) is 0 Å². The van der Waals surface area contributed by atoms with E-state index in [-0.39, 0.29) is 11.5 Å². The van der Waals surface area contributed by atoms with E-state index >= 15 is 0 Å². The molecule has 1 aromatic carbocycles. The molecule has 1 rings (SSSR count). The van der Waals surface area contributed by atoms with Gasteiger partial charge in [-0.2, -0.15) is 0 Å². The second-order valence-electron chi connectivity index (χ2n) is 3.01. The lowest BCUT2D eigenvalue weighted by atomic mass is 10.1. The summed E-state index contributed by atoms with van der Waals surface area (Å²) in [7, 11) is 1.77. The molecular weight excluding hydrogens is 183 g/mol. The summed E-state index contributed by atoms with van der Waals surface area (Å²) in [6.07, 6.45) is 0.367. The Morgan fingerprint density at radius 1 is 1.57 bits per heavy atom. The van der Waals surface area contributed by atoms with Crippen molar-refractivity contribution < 1.29 is 9.18 Å². The highest BCUT2D eigenvalue weighted by atomic mass is 19.1. The number of nitrogens with one attached hydrogen (secondary N) is 1. The summed E-state index contributed by atoms with van der Waals surface area (Å²) < 4.78 is 12.7. The lowest BCUT2D eigenvalue weighted by Crippen LogP contribution is -2.14. The van der Waals surface area contributed by atoms with Gasteiger partial charge < -0.3 is 11.1 Å². The number of nitrogens with two attached hydrogens (primary N) is 1. The zero-order valence-electron chi connectivity index (χ0n) is 8.01. The van der Waals surface area contributed by atoms with E-state index < -0.39 is 5.82 Å².